The zero-order chi connectivity index (χ0) is 13.3. The van der Waals surface area contributed by atoms with Gasteiger partial charge < -0.3 is 5.73 Å². The molecule has 0 spiro atoms. The number of benzene rings is 1. The van der Waals surface area contributed by atoms with Gasteiger partial charge in [-0.2, -0.15) is 4.31 Å². The van der Waals surface area contributed by atoms with Crippen LogP contribution >= 0.6 is 15.9 Å². The van der Waals surface area contributed by atoms with Gasteiger partial charge in [-0.25, -0.2) is 8.42 Å². The lowest BCUT2D eigenvalue weighted by Gasteiger charge is -2.25. The monoisotopic (exact) mass is 330 g/mol. The number of nitrogens with zero attached hydrogens (tertiary/aromatic N) is 1. The Bertz CT molecular complexity index is 596. The summed E-state index contributed by atoms with van der Waals surface area (Å²) in [4.78, 5) is 0.268. The number of sulfonamides is 1. The molecular weight excluding hydrogens is 316 g/mol. The van der Waals surface area contributed by atoms with Crippen LogP contribution in [-0.4, -0.2) is 25.8 Å². The minimum Gasteiger partial charge on any atom is -0.399 e. The van der Waals surface area contributed by atoms with Gasteiger partial charge in [0.2, 0.25) is 10.0 Å². The third-order valence-corrected chi connectivity index (χ3v) is 5.81. The summed E-state index contributed by atoms with van der Waals surface area (Å²) in [7, 11) is -3.45. The van der Waals surface area contributed by atoms with E-state index in [0.29, 0.717) is 23.2 Å². The second kappa shape index (κ2) is 5.03. The van der Waals surface area contributed by atoms with Gasteiger partial charge in [0.1, 0.15) is 0 Å². The summed E-state index contributed by atoms with van der Waals surface area (Å²) in [5, 5.41) is 0. The van der Waals surface area contributed by atoms with Crippen molar-refractivity contribution in [1.29, 1.82) is 0 Å². The fourth-order valence-electron chi connectivity index (χ4n) is 1.84. The molecule has 0 radical (unpaired) electrons. The van der Waals surface area contributed by atoms with Gasteiger partial charge in [0, 0.05) is 23.2 Å². The van der Waals surface area contributed by atoms with Crippen molar-refractivity contribution >= 4 is 31.6 Å². The van der Waals surface area contributed by atoms with Crippen LogP contribution in [0.3, 0.4) is 0 Å². The maximum absolute atomic E-state index is 12.5. The average Bonchev–Trinajstić information content (AvgIpc) is 2.29. The zero-order valence-corrected chi connectivity index (χ0v) is 12.5. The van der Waals surface area contributed by atoms with Gasteiger partial charge in [0.25, 0.3) is 0 Å². The van der Waals surface area contributed by atoms with E-state index >= 15 is 0 Å². The molecule has 1 aliphatic rings. The highest BCUT2D eigenvalue weighted by Gasteiger charge is 2.27. The molecule has 0 aliphatic carbocycles. The molecule has 6 heteroatoms. The topological polar surface area (TPSA) is 63.4 Å². The van der Waals surface area contributed by atoms with Crippen LogP contribution in [0.5, 0.6) is 0 Å². The van der Waals surface area contributed by atoms with Gasteiger partial charge in [-0.3, -0.25) is 0 Å². The lowest BCUT2D eigenvalue weighted by atomic mass is 10.1. The van der Waals surface area contributed by atoms with Gasteiger partial charge in [-0.15, -0.1) is 0 Å². The van der Waals surface area contributed by atoms with Crippen molar-refractivity contribution in [3.8, 4) is 0 Å². The highest BCUT2D eigenvalue weighted by atomic mass is 79.9. The van der Waals surface area contributed by atoms with E-state index in [9.17, 15) is 8.42 Å². The van der Waals surface area contributed by atoms with Gasteiger partial charge in [0.15, 0.2) is 0 Å². The van der Waals surface area contributed by atoms with Crippen LogP contribution in [0.25, 0.3) is 0 Å². The molecule has 0 amide bonds. The standard InChI is InChI=1S/C12H15BrN2O2S/c1-9-4-6-15(7-5-9)18(16,17)12-3-2-10(14)8-11(12)13/h2-4,8H,5-7,14H2,1H3. The summed E-state index contributed by atoms with van der Waals surface area (Å²) < 4.78 is 26.9. The van der Waals surface area contributed by atoms with E-state index in [1.54, 1.807) is 18.2 Å². The van der Waals surface area contributed by atoms with E-state index in [0.717, 1.165) is 6.42 Å². The quantitative estimate of drug-likeness (QED) is 0.668. The summed E-state index contributed by atoms with van der Waals surface area (Å²) in [5.41, 5.74) is 7.39. The fourth-order valence-corrected chi connectivity index (χ4v) is 4.27. The first-order valence-electron chi connectivity index (χ1n) is 5.62. The molecule has 98 valence electrons. The molecule has 0 bridgehead atoms. The number of hydrogen-bond donors (Lipinski definition) is 1. The summed E-state index contributed by atoms with van der Waals surface area (Å²) in [6.45, 7) is 2.98. The highest BCUT2D eigenvalue weighted by Crippen LogP contribution is 2.28. The molecule has 0 unspecified atom stereocenters. The molecule has 0 atom stereocenters. The maximum Gasteiger partial charge on any atom is 0.244 e. The molecule has 0 saturated heterocycles. The smallest absolute Gasteiger partial charge is 0.244 e. The van der Waals surface area contributed by atoms with Crippen LogP contribution in [0.2, 0.25) is 0 Å². The number of halogens is 1. The molecule has 4 nitrogen and oxygen atoms in total. The molecule has 2 rings (SSSR count). The third kappa shape index (κ3) is 2.60. The van der Waals surface area contributed by atoms with E-state index in [1.807, 2.05) is 13.0 Å². The average molecular weight is 331 g/mol. The molecule has 0 aromatic heterocycles. The number of anilines is 1. The minimum atomic E-state index is -3.45. The van der Waals surface area contributed by atoms with Gasteiger partial charge in [-0.1, -0.05) is 11.6 Å². The highest BCUT2D eigenvalue weighted by molar-refractivity contribution is 9.10. The second-order valence-electron chi connectivity index (χ2n) is 4.35. The lowest BCUT2D eigenvalue weighted by molar-refractivity contribution is 0.431. The Kier molecular flexibility index (Phi) is 3.79. The van der Waals surface area contributed by atoms with Crippen LogP contribution in [0, 0.1) is 0 Å². The normalized spacial score (nSPS) is 17.6. The Balaban J connectivity index is 2.37. The number of rotatable bonds is 2. The van der Waals surface area contributed by atoms with Crippen molar-refractivity contribution in [3.63, 3.8) is 0 Å². The zero-order valence-electron chi connectivity index (χ0n) is 10.1. The summed E-state index contributed by atoms with van der Waals surface area (Å²) in [5.74, 6) is 0. The van der Waals surface area contributed by atoms with Gasteiger partial charge in [0.05, 0.1) is 4.90 Å². The predicted molar refractivity (Wildman–Crippen MR) is 75.7 cm³/mol. The fraction of sp³-hybridized carbons (Fsp3) is 0.333. The number of hydrogen-bond acceptors (Lipinski definition) is 3. The Hall–Kier alpha value is -0.850. The lowest BCUT2D eigenvalue weighted by Crippen LogP contribution is -2.34. The van der Waals surface area contributed by atoms with Crippen molar-refractivity contribution in [2.75, 3.05) is 18.8 Å². The van der Waals surface area contributed by atoms with E-state index in [2.05, 4.69) is 15.9 Å². The van der Waals surface area contributed by atoms with E-state index < -0.39 is 10.0 Å². The Morgan fingerprint density at radius 3 is 2.67 bits per heavy atom. The SMILES string of the molecule is CC1=CCN(S(=O)(=O)c2ccc(N)cc2Br)CC1. The van der Waals surface area contributed by atoms with Crippen LogP contribution < -0.4 is 5.73 Å². The van der Waals surface area contributed by atoms with E-state index in [1.165, 1.54) is 9.88 Å². The Morgan fingerprint density at radius 1 is 1.39 bits per heavy atom. The van der Waals surface area contributed by atoms with Crippen molar-refractivity contribution in [2.24, 2.45) is 0 Å². The largest absolute Gasteiger partial charge is 0.399 e. The van der Waals surface area contributed by atoms with Gasteiger partial charge >= 0.3 is 0 Å². The van der Waals surface area contributed by atoms with Crippen molar-refractivity contribution < 1.29 is 8.42 Å². The third-order valence-electron chi connectivity index (χ3n) is 2.97. The molecule has 1 heterocycles. The molecule has 18 heavy (non-hydrogen) atoms. The maximum atomic E-state index is 12.5. The molecule has 0 saturated carbocycles. The van der Waals surface area contributed by atoms with Crippen LogP contribution in [0.15, 0.2) is 39.2 Å². The second-order valence-corrected chi connectivity index (χ2v) is 7.11. The van der Waals surface area contributed by atoms with Crippen LogP contribution in [-0.2, 0) is 10.0 Å². The minimum absolute atomic E-state index is 0.268. The Morgan fingerprint density at radius 2 is 2.11 bits per heavy atom. The van der Waals surface area contributed by atoms with E-state index in [4.69, 9.17) is 5.73 Å². The number of nitrogens with two attached hydrogens (primary N) is 1. The van der Waals surface area contributed by atoms with Gasteiger partial charge in [-0.05, 0) is 47.5 Å². The molecule has 1 aromatic rings. The van der Waals surface area contributed by atoms with Crippen LogP contribution in [0.1, 0.15) is 13.3 Å². The molecule has 2 N–H and O–H groups in total. The molecule has 0 fully saturated rings. The molecule has 1 aliphatic heterocycles. The molecular formula is C12H15BrN2O2S. The molecule has 1 aromatic carbocycles. The van der Waals surface area contributed by atoms with Crippen molar-refractivity contribution in [3.05, 3.63) is 34.3 Å². The van der Waals surface area contributed by atoms with Crippen LogP contribution in [0.4, 0.5) is 5.69 Å². The first-order chi connectivity index (χ1) is 8.41. The van der Waals surface area contributed by atoms with Crippen molar-refractivity contribution in [2.45, 2.75) is 18.2 Å². The summed E-state index contributed by atoms with van der Waals surface area (Å²) >= 11 is 3.26. The first-order valence-corrected chi connectivity index (χ1v) is 7.85. The van der Waals surface area contributed by atoms with Crippen molar-refractivity contribution in [1.82, 2.24) is 4.31 Å². The summed E-state index contributed by atoms with van der Waals surface area (Å²) in [6.07, 6.45) is 2.73. The van der Waals surface area contributed by atoms with E-state index in [-0.39, 0.29) is 4.90 Å². The number of nitrogen functional groups attached to an aromatic ring is 1. The summed E-state index contributed by atoms with van der Waals surface area (Å²) in [6, 6.07) is 4.75. The predicted octanol–water partition coefficient (Wildman–Crippen LogP) is 2.37. The first kappa shape index (κ1) is 13.6. The Labute approximate surface area is 116 Å².